The highest BCUT2D eigenvalue weighted by Crippen LogP contribution is 2.14. The van der Waals surface area contributed by atoms with Gasteiger partial charge in [0.05, 0.1) is 0 Å². The van der Waals surface area contributed by atoms with E-state index in [-0.39, 0.29) is 7.43 Å². The van der Waals surface area contributed by atoms with Crippen molar-refractivity contribution in [1.82, 2.24) is 0 Å². The molecular formula is C17H30. The van der Waals surface area contributed by atoms with Crippen molar-refractivity contribution < 1.29 is 0 Å². The van der Waals surface area contributed by atoms with Crippen LogP contribution in [0, 0.1) is 0 Å². The van der Waals surface area contributed by atoms with Crippen molar-refractivity contribution >= 4 is 12.2 Å². The van der Waals surface area contributed by atoms with E-state index in [9.17, 15) is 0 Å². The van der Waals surface area contributed by atoms with Gasteiger partial charge in [-0.25, -0.2) is 0 Å². The van der Waals surface area contributed by atoms with Crippen LogP contribution in [0.3, 0.4) is 0 Å². The minimum atomic E-state index is 0. The smallest absolute Gasteiger partial charge is 0.0187 e. The summed E-state index contributed by atoms with van der Waals surface area (Å²) in [6.45, 7) is 17.7. The predicted molar refractivity (Wildman–Crippen MR) is 85.4 cm³/mol. The Morgan fingerprint density at radius 3 is 1.76 bits per heavy atom. The van der Waals surface area contributed by atoms with Crippen molar-refractivity contribution in [3.05, 3.63) is 48.0 Å². The fourth-order valence-electron chi connectivity index (χ4n) is 1.21. The van der Waals surface area contributed by atoms with Gasteiger partial charge in [0, 0.05) is 0 Å². The minimum absolute atomic E-state index is 0. The van der Waals surface area contributed by atoms with Crippen molar-refractivity contribution in [1.29, 1.82) is 0 Å². The van der Waals surface area contributed by atoms with Crippen molar-refractivity contribution in [3.63, 3.8) is 0 Å². The highest BCUT2D eigenvalue weighted by Gasteiger charge is 1.95. The molecule has 0 nitrogen and oxygen atoms in total. The van der Waals surface area contributed by atoms with Crippen molar-refractivity contribution in [3.8, 4) is 0 Å². The van der Waals surface area contributed by atoms with Crippen LogP contribution < -0.4 is 0 Å². The second-order valence-electron chi connectivity index (χ2n) is 2.73. The van der Waals surface area contributed by atoms with E-state index in [1.54, 1.807) is 0 Å². The fraction of sp³-hybridized carbons (Fsp3) is 0.412. The number of benzene rings is 1. The molecule has 0 amide bonds. The summed E-state index contributed by atoms with van der Waals surface area (Å²) in [4.78, 5) is 0. The van der Waals surface area contributed by atoms with Gasteiger partial charge in [0.2, 0.25) is 0 Å². The molecule has 0 aliphatic carbocycles. The predicted octanol–water partition coefficient (Wildman–Crippen LogP) is 6.22. The van der Waals surface area contributed by atoms with Crippen molar-refractivity contribution in [2.45, 2.75) is 48.5 Å². The first kappa shape index (κ1) is 21.0. The summed E-state index contributed by atoms with van der Waals surface area (Å²) in [5, 5.41) is 0. The zero-order valence-electron chi connectivity index (χ0n) is 11.5. The Hall–Kier alpha value is -1.30. The maximum atomic E-state index is 3.77. The molecule has 0 fully saturated rings. The molecule has 0 spiro atoms. The van der Waals surface area contributed by atoms with Crippen LogP contribution in [0.4, 0.5) is 0 Å². The summed E-state index contributed by atoms with van der Waals surface area (Å²) in [5.74, 6) is 0. The normalized spacial score (nSPS) is 7.35. The van der Waals surface area contributed by atoms with E-state index >= 15 is 0 Å². The van der Waals surface area contributed by atoms with E-state index in [1.807, 2.05) is 39.8 Å². The second kappa shape index (κ2) is 14.7. The Morgan fingerprint density at radius 1 is 0.941 bits per heavy atom. The molecular weight excluding hydrogens is 204 g/mol. The van der Waals surface area contributed by atoms with Gasteiger partial charge in [-0.05, 0) is 23.1 Å². The molecule has 17 heavy (non-hydrogen) atoms. The van der Waals surface area contributed by atoms with Crippen LogP contribution >= 0.6 is 0 Å². The van der Waals surface area contributed by atoms with Crippen LogP contribution in [0.1, 0.15) is 58.7 Å². The Kier molecular flexibility index (Phi) is 18.2. The summed E-state index contributed by atoms with van der Waals surface area (Å²) in [5.41, 5.74) is 3.67. The zero-order chi connectivity index (χ0) is 13.0. The standard InChI is InChI=1S/C12H14.2C2H6.CH4/c1-4-10-7-8-11(5-2)12(6-3)9-10;2*1-2;/h5-9H,2-4H2,1H3;2*1-2H3;1H4. The average molecular weight is 234 g/mol. The fourth-order valence-corrected chi connectivity index (χ4v) is 1.21. The van der Waals surface area contributed by atoms with Gasteiger partial charge in [0.15, 0.2) is 0 Å². The van der Waals surface area contributed by atoms with Gasteiger partial charge in [-0.1, -0.05) is 85.6 Å². The summed E-state index contributed by atoms with van der Waals surface area (Å²) < 4.78 is 0. The second-order valence-corrected chi connectivity index (χ2v) is 2.73. The van der Waals surface area contributed by atoms with Gasteiger partial charge in [-0.15, -0.1) is 0 Å². The van der Waals surface area contributed by atoms with Gasteiger partial charge in [-0.2, -0.15) is 0 Å². The maximum Gasteiger partial charge on any atom is -0.0187 e. The van der Waals surface area contributed by atoms with Crippen LogP contribution in [0.2, 0.25) is 0 Å². The van der Waals surface area contributed by atoms with Crippen molar-refractivity contribution in [2.75, 3.05) is 0 Å². The number of hydrogen-bond donors (Lipinski definition) is 0. The van der Waals surface area contributed by atoms with Crippen LogP contribution in [-0.2, 0) is 6.42 Å². The lowest BCUT2D eigenvalue weighted by Gasteiger charge is -2.02. The molecule has 1 aromatic rings. The topological polar surface area (TPSA) is 0 Å². The van der Waals surface area contributed by atoms with Crippen molar-refractivity contribution in [2.24, 2.45) is 0 Å². The molecule has 0 N–H and O–H groups in total. The molecule has 1 rings (SSSR count). The lowest BCUT2D eigenvalue weighted by Crippen LogP contribution is -1.84. The summed E-state index contributed by atoms with van der Waals surface area (Å²) in [6.07, 6.45) is 4.80. The summed E-state index contributed by atoms with van der Waals surface area (Å²) >= 11 is 0. The molecule has 0 unspecified atom stereocenters. The first-order valence-electron chi connectivity index (χ1n) is 6.19. The molecule has 98 valence electrons. The molecule has 0 saturated carbocycles. The molecule has 0 aliphatic rings. The van der Waals surface area contributed by atoms with Crippen LogP contribution in [0.25, 0.3) is 12.2 Å². The van der Waals surface area contributed by atoms with Gasteiger partial charge in [-0.3, -0.25) is 0 Å². The Morgan fingerprint density at radius 2 is 1.41 bits per heavy atom. The van der Waals surface area contributed by atoms with Gasteiger partial charge in [0.1, 0.15) is 0 Å². The molecule has 0 saturated heterocycles. The zero-order valence-corrected chi connectivity index (χ0v) is 11.5. The van der Waals surface area contributed by atoms with E-state index in [0.717, 1.165) is 12.0 Å². The van der Waals surface area contributed by atoms with Crippen LogP contribution in [0.15, 0.2) is 31.4 Å². The lowest BCUT2D eigenvalue weighted by molar-refractivity contribution is 1.14. The average Bonchev–Trinajstić information content (AvgIpc) is 2.42. The Bertz CT molecular complexity index is 295. The van der Waals surface area contributed by atoms with E-state index in [1.165, 1.54) is 11.1 Å². The van der Waals surface area contributed by atoms with E-state index in [0.29, 0.717) is 0 Å². The SMILES string of the molecule is C.C=Cc1ccc(CC)cc1C=C.CC.CC. The largest absolute Gasteiger partial charge is 0.0984 e. The first-order valence-corrected chi connectivity index (χ1v) is 6.19. The molecule has 0 aromatic heterocycles. The van der Waals surface area contributed by atoms with E-state index in [4.69, 9.17) is 0 Å². The lowest BCUT2D eigenvalue weighted by atomic mass is 10.0. The van der Waals surface area contributed by atoms with E-state index in [2.05, 4.69) is 38.3 Å². The third kappa shape index (κ3) is 7.57. The Balaban J connectivity index is -0.000000355. The molecule has 0 aliphatic heterocycles. The van der Waals surface area contributed by atoms with Gasteiger partial charge < -0.3 is 0 Å². The van der Waals surface area contributed by atoms with Gasteiger partial charge in [0.25, 0.3) is 0 Å². The third-order valence-electron chi connectivity index (χ3n) is 2.00. The highest BCUT2D eigenvalue weighted by atomic mass is 14.0. The van der Waals surface area contributed by atoms with Gasteiger partial charge >= 0.3 is 0 Å². The molecule has 1 aromatic carbocycles. The molecule has 0 bridgehead atoms. The number of rotatable bonds is 3. The summed E-state index contributed by atoms with van der Waals surface area (Å²) in [6, 6.07) is 6.37. The first-order chi connectivity index (χ1) is 7.81. The maximum absolute atomic E-state index is 3.77. The molecule has 0 heteroatoms. The minimum Gasteiger partial charge on any atom is -0.0984 e. The number of aryl methyl sites for hydroxylation is 1. The highest BCUT2D eigenvalue weighted by molar-refractivity contribution is 5.64. The molecule has 0 radical (unpaired) electrons. The van der Waals surface area contributed by atoms with E-state index < -0.39 is 0 Å². The van der Waals surface area contributed by atoms with Crippen LogP contribution in [0.5, 0.6) is 0 Å². The third-order valence-corrected chi connectivity index (χ3v) is 2.00. The monoisotopic (exact) mass is 234 g/mol. The van der Waals surface area contributed by atoms with Crippen LogP contribution in [-0.4, -0.2) is 0 Å². The quantitative estimate of drug-likeness (QED) is 0.582. The Labute approximate surface area is 109 Å². The summed E-state index contributed by atoms with van der Waals surface area (Å²) in [7, 11) is 0. The number of hydrogen-bond acceptors (Lipinski definition) is 0. The molecule has 0 heterocycles. The molecule has 0 atom stereocenters.